The monoisotopic (exact) mass is 1190 g/mol. The number of nitrogens with two attached hydrogens (primary N) is 4. The van der Waals surface area contributed by atoms with E-state index in [-0.39, 0.29) is 29.7 Å². The van der Waals surface area contributed by atoms with E-state index < -0.39 is 66.5 Å². The van der Waals surface area contributed by atoms with Crippen molar-refractivity contribution in [3.8, 4) is 18.2 Å². The summed E-state index contributed by atoms with van der Waals surface area (Å²) in [6.07, 6.45) is 1.96. The molecule has 0 saturated heterocycles. The molecule has 3 aromatic carbocycles. The maximum Gasteiger partial charge on any atom is 0.414 e. The molecule has 11 N–H and O–H groups in total. The van der Waals surface area contributed by atoms with Gasteiger partial charge in [-0.05, 0) is 128 Å². The highest BCUT2D eigenvalue weighted by molar-refractivity contribution is 5.86. The molecule has 19 nitrogen and oxygen atoms in total. The van der Waals surface area contributed by atoms with Crippen LogP contribution in [0.4, 0.5) is 39.5 Å². The smallest absolute Gasteiger partial charge is 0.414 e. The van der Waals surface area contributed by atoms with Gasteiger partial charge in [-0.15, -0.1) is 0 Å². The second-order valence-corrected chi connectivity index (χ2v) is 21.8. The Morgan fingerprint density at radius 2 is 0.753 bits per heavy atom. The largest absolute Gasteiger partial charge is 0.480 e. The predicted molar refractivity (Wildman–Crippen MR) is 292 cm³/mol. The van der Waals surface area contributed by atoms with Crippen molar-refractivity contribution in [1.29, 1.82) is 15.8 Å². The normalized spacial score (nSPS) is 23.5. The van der Waals surface area contributed by atoms with Crippen LogP contribution in [0.3, 0.4) is 0 Å². The van der Waals surface area contributed by atoms with Crippen molar-refractivity contribution in [2.45, 2.75) is 151 Å². The molecule has 2 amide bonds. The molecule has 3 aliphatic carbocycles. The Kier molecular flexibility index (Phi) is 21.8. The van der Waals surface area contributed by atoms with E-state index in [2.05, 4.69) is 71.4 Å². The van der Waals surface area contributed by atoms with Gasteiger partial charge in [-0.25, -0.2) is 0 Å². The number of carbonyl (C=O) groups is 3. The van der Waals surface area contributed by atoms with E-state index in [0.717, 1.165) is 48.7 Å². The molecule has 9 rings (SSSR count). The maximum absolute atomic E-state index is 12.7. The van der Waals surface area contributed by atoms with Gasteiger partial charge < -0.3 is 38.7 Å². The number of hydrogen-bond acceptors (Lipinski definition) is 16. The van der Waals surface area contributed by atoms with Crippen LogP contribution in [0.5, 0.6) is 0 Å². The van der Waals surface area contributed by atoms with Crippen LogP contribution in [-0.2, 0) is 14.4 Å². The van der Waals surface area contributed by atoms with Crippen molar-refractivity contribution in [3.63, 3.8) is 0 Å². The number of alkyl halides is 9. The Labute approximate surface area is 481 Å². The first-order valence-electron chi connectivity index (χ1n) is 26.9. The molecule has 3 fully saturated rings. The number of fused-ring (bicyclic) bond motifs is 3. The van der Waals surface area contributed by atoms with Gasteiger partial charge in [-0.1, -0.05) is 39.0 Å². The van der Waals surface area contributed by atoms with Crippen molar-refractivity contribution < 1.29 is 59.0 Å². The van der Waals surface area contributed by atoms with E-state index in [9.17, 15) is 69.7 Å². The second-order valence-electron chi connectivity index (χ2n) is 21.8. The number of amides is 2. The first-order chi connectivity index (χ1) is 39.9. The summed E-state index contributed by atoms with van der Waals surface area (Å²) in [5.41, 5.74) is 28.5. The van der Waals surface area contributed by atoms with Gasteiger partial charge in [-0.3, -0.25) is 44.3 Å². The third-order valence-corrected chi connectivity index (χ3v) is 15.1. The van der Waals surface area contributed by atoms with E-state index in [0.29, 0.717) is 81.8 Å². The van der Waals surface area contributed by atoms with Crippen LogP contribution in [0.2, 0.25) is 0 Å². The topological polar surface area (TPSA) is 348 Å². The lowest BCUT2D eigenvalue weighted by Gasteiger charge is -2.35. The summed E-state index contributed by atoms with van der Waals surface area (Å²) in [6.45, 7) is 6.24. The summed E-state index contributed by atoms with van der Waals surface area (Å²) < 4.78 is 110. The average molecular weight is 1190 g/mol. The van der Waals surface area contributed by atoms with Gasteiger partial charge in [0.2, 0.25) is 11.8 Å². The molecule has 12 atom stereocenters. The summed E-state index contributed by atoms with van der Waals surface area (Å²) in [5, 5.41) is 40.3. The quantitative estimate of drug-likeness (QED) is 0.0705. The molecule has 6 aromatic rings. The fraction of sp³-hybridized carbons (Fsp3) is 0.474. The molecule has 0 spiro atoms. The van der Waals surface area contributed by atoms with Gasteiger partial charge in [0.05, 0.1) is 33.2 Å². The Balaban J connectivity index is 0.000000192. The van der Waals surface area contributed by atoms with Crippen molar-refractivity contribution >= 4 is 50.9 Å². The Morgan fingerprint density at radius 3 is 1.01 bits per heavy atom. The van der Waals surface area contributed by atoms with Crippen LogP contribution in [0, 0.1) is 51.7 Å². The van der Waals surface area contributed by atoms with Crippen molar-refractivity contribution in [2.75, 3.05) is 0 Å². The average Bonchev–Trinajstić information content (AvgIpc) is 2.21. The van der Waals surface area contributed by atoms with Gasteiger partial charge in [0.1, 0.15) is 34.8 Å². The number of aliphatic carboxylic acids is 1. The number of aromatic nitrogens is 6. The Bertz CT molecular complexity index is 3320. The first-order valence-corrected chi connectivity index (χ1v) is 26.9. The number of benzene rings is 3. The minimum absolute atomic E-state index is 0.0249. The number of halogens is 9. The number of carboxylic acid groups (broad SMARTS) is 1. The lowest BCUT2D eigenvalue weighted by atomic mass is 9.75. The molecule has 0 bridgehead atoms. The number of nitriles is 3. The highest BCUT2D eigenvalue weighted by atomic mass is 19.4. The molecule has 3 saturated carbocycles. The van der Waals surface area contributed by atoms with Gasteiger partial charge in [-0.2, -0.15) is 55.3 Å². The van der Waals surface area contributed by atoms with Crippen LogP contribution < -0.4 is 33.6 Å². The summed E-state index contributed by atoms with van der Waals surface area (Å²) in [6, 6.07) is 8.83. The molecule has 1 unspecified atom stereocenters. The Morgan fingerprint density at radius 1 is 0.471 bits per heavy atom. The van der Waals surface area contributed by atoms with E-state index in [1.165, 1.54) is 18.0 Å². The molecule has 3 heterocycles. The Hall–Kier alpha value is -8.23. The molecule has 0 radical (unpaired) electrons. The highest BCUT2D eigenvalue weighted by Gasteiger charge is 2.45. The van der Waals surface area contributed by atoms with Gasteiger partial charge in [0.15, 0.2) is 18.1 Å². The van der Waals surface area contributed by atoms with Crippen molar-refractivity contribution in [1.82, 2.24) is 40.5 Å². The maximum atomic E-state index is 12.7. The minimum Gasteiger partial charge on any atom is -0.480 e. The van der Waals surface area contributed by atoms with Gasteiger partial charge in [0, 0.05) is 55.3 Å². The number of nitrogens with zero attached hydrogens (tertiary/aromatic N) is 9. The van der Waals surface area contributed by atoms with E-state index >= 15 is 0 Å². The molecule has 28 heteroatoms. The lowest BCUT2D eigenvalue weighted by molar-refractivity contribution is -0.174. The lowest BCUT2D eigenvalue weighted by Crippen LogP contribution is -2.53. The van der Waals surface area contributed by atoms with Crippen molar-refractivity contribution in [2.24, 2.45) is 40.7 Å². The number of nitrogens with one attached hydrogen (secondary N) is 2. The SMILES string of the molecule is C[C@H]1C[C@@H](N)C[C@@H](c2ccc(C#N)c3nccnc23)C1.C[C@H]1C[C@@H](NC(=O)[C@@H](N)C(F)(F)F)C[C@@H](c2ccc(C#N)c3nccnc23)C1.C[C@H]1C[C@@H](NC(=O)[C@H](N)C(F)(F)F)C[C@@H](c2ccc(C#N)c3nccnc23)C1.NC(C(=O)O)C(F)(F)F. The fourth-order valence-corrected chi connectivity index (χ4v) is 11.4. The van der Waals surface area contributed by atoms with E-state index in [4.69, 9.17) is 22.3 Å². The van der Waals surface area contributed by atoms with Gasteiger partial charge in [0.25, 0.3) is 0 Å². The van der Waals surface area contributed by atoms with Crippen LogP contribution in [0.1, 0.15) is 130 Å². The molecule has 3 aliphatic rings. The number of carboxylic acids is 1. The van der Waals surface area contributed by atoms with Crippen molar-refractivity contribution in [3.05, 3.63) is 107 Å². The fourth-order valence-electron chi connectivity index (χ4n) is 11.4. The van der Waals surface area contributed by atoms with Crippen LogP contribution in [0.15, 0.2) is 73.6 Å². The first kappa shape index (κ1) is 65.9. The van der Waals surface area contributed by atoms with Crippen LogP contribution in [0.25, 0.3) is 33.1 Å². The standard InChI is InChI=1S/2C19H20F3N5O.C16H18N4.C3H4F3NO2/c2*1-10-6-12(8-13(7-10)27-18(28)17(24)19(20,21)22)14-3-2-11(9-23)15-16(14)26-5-4-25-15;1-10-6-12(8-13(18)7-10)14-3-2-11(9-17)15-16(14)20-5-4-19-15;4-3(5,6)1(7)2(8)9/h2*2-5,10,12-13,17H,6-8,24H2,1H3,(H,27,28);2-5,10,12-13H,6-8,18H2,1H3;1H,7H2,(H,8,9)/t10-,12+,13-,17+;10-,12+,13-,17-;10-,12+,13-;/m111./s1. The van der Waals surface area contributed by atoms with Crippen LogP contribution >= 0.6 is 0 Å². The summed E-state index contributed by atoms with van der Waals surface area (Å²) in [4.78, 5) is 59.3. The van der Waals surface area contributed by atoms with Crippen LogP contribution in [-0.4, -0.2) is 108 Å². The summed E-state index contributed by atoms with van der Waals surface area (Å²) in [7, 11) is 0. The number of rotatable bonds is 8. The zero-order valence-corrected chi connectivity index (χ0v) is 46.1. The summed E-state index contributed by atoms with van der Waals surface area (Å²) >= 11 is 0. The number of carbonyl (C=O) groups excluding carboxylic acids is 2. The molecular formula is C57H62F9N15O4. The molecule has 0 aliphatic heterocycles. The minimum atomic E-state index is -4.84. The molecular weight excluding hydrogens is 1130 g/mol. The highest BCUT2D eigenvalue weighted by Crippen LogP contribution is 2.42. The second kappa shape index (κ2) is 28.1. The molecule has 85 heavy (non-hydrogen) atoms. The zero-order chi connectivity index (χ0) is 62.7. The third-order valence-electron chi connectivity index (χ3n) is 15.1. The number of hydrogen-bond donors (Lipinski definition) is 7. The molecule has 452 valence electrons. The predicted octanol–water partition coefficient (Wildman–Crippen LogP) is 8.25. The van der Waals surface area contributed by atoms with E-state index in [1.54, 1.807) is 36.9 Å². The zero-order valence-electron chi connectivity index (χ0n) is 46.1. The van der Waals surface area contributed by atoms with E-state index in [1.807, 2.05) is 38.1 Å². The van der Waals surface area contributed by atoms with Gasteiger partial charge >= 0.3 is 24.5 Å². The summed E-state index contributed by atoms with van der Waals surface area (Å²) in [5.74, 6) is -3.12. The molecule has 3 aromatic heterocycles. The third kappa shape index (κ3) is 17.0.